The zero-order chi connectivity index (χ0) is 21.1. The summed E-state index contributed by atoms with van der Waals surface area (Å²) in [6.07, 6.45) is 3.73. The number of hydrogen-bond acceptors (Lipinski definition) is 4. The Bertz CT molecular complexity index is 828. The van der Waals surface area contributed by atoms with E-state index in [9.17, 15) is 9.59 Å². The molecule has 0 aliphatic rings. The molecule has 0 aromatic heterocycles. The van der Waals surface area contributed by atoms with Crippen LogP contribution in [0.3, 0.4) is 0 Å². The molecule has 1 N–H and O–H groups in total. The van der Waals surface area contributed by atoms with E-state index < -0.39 is 12.1 Å². The molecule has 2 aromatic rings. The molecule has 0 bridgehead atoms. The van der Waals surface area contributed by atoms with E-state index in [0.717, 1.165) is 16.9 Å². The largest absolute Gasteiger partial charge is 0.490 e. The van der Waals surface area contributed by atoms with Crippen molar-refractivity contribution in [3.8, 4) is 5.75 Å². The molecule has 29 heavy (non-hydrogen) atoms. The second-order valence-corrected chi connectivity index (χ2v) is 6.64. The number of carbonyl (C=O) groups excluding carboxylic acids is 2. The SMILES string of the molecule is C=CCOc1ccc(/C=C/C(=O)OC(C)C(=O)NCC(C)c2ccccc2)cc1. The van der Waals surface area contributed by atoms with Gasteiger partial charge in [0.25, 0.3) is 5.91 Å². The van der Waals surface area contributed by atoms with Gasteiger partial charge in [-0.2, -0.15) is 0 Å². The third kappa shape index (κ3) is 7.66. The van der Waals surface area contributed by atoms with Gasteiger partial charge in [-0.3, -0.25) is 4.79 Å². The van der Waals surface area contributed by atoms with Crippen LogP contribution in [0, 0.1) is 0 Å². The maximum Gasteiger partial charge on any atom is 0.331 e. The van der Waals surface area contributed by atoms with Crippen LogP contribution in [0.4, 0.5) is 0 Å². The van der Waals surface area contributed by atoms with E-state index in [2.05, 4.69) is 11.9 Å². The first kappa shape index (κ1) is 22.0. The summed E-state index contributed by atoms with van der Waals surface area (Å²) in [6, 6.07) is 17.2. The Morgan fingerprint density at radius 2 is 1.76 bits per heavy atom. The van der Waals surface area contributed by atoms with Crippen molar-refractivity contribution in [2.24, 2.45) is 0 Å². The first-order valence-electron chi connectivity index (χ1n) is 9.54. The quantitative estimate of drug-likeness (QED) is 0.375. The number of rotatable bonds is 10. The number of esters is 1. The van der Waals surface area contributed by atoms with Crippen molar-refractivity contribution >= 4 is 18.0 Å². The molecule has 2 rings (SSSR count). The van der Waals surface area contributed by atoms with Crippen LogP contribution in [-0.4, -0.2) is 31.1 Å². The second kappa shape index (κ2) is 11.5. The molecular weight excluding hydrogens is 366 g/mol. The van der Waals surface area contributed by atoms with Crippen LogP contribution in [0.2, 0.25) is 0 Å². The van der Waals surface area contributed by atoms with E-state index in [-0.39, 0.29) is 11.8 Å². The fraction of sp³-hybridized carbons (Fsp3) is 0.250. The highest BCUT2D eigenvalue weighted by Gasteiger charge is 2.17. The molecule has 152 valence electrons. The Kier molecular flexibility index (Phi) is 8.70. The van der Waals surface area contributed by atoms with Gasteiger partial charge in [-0.05, 0) is 42.2 Å². The molecule has 0 aliphatic heterocycles. The molecule has 2 atom stereocenters. The van der Waals surface area contributed by atoms with Crippen LogP contribution in [0.15, 0.2) is 73.3 Å². The van der Waals surface area contributed by atoms with Crippen molar-refractivity contribution in [2.45, 2.75) is 25.9 Å². The monoisotopic (exact) mass is 393 g/mol. The third-order valence-electron chi connectivity index (χ3n) is 4.27. The average Bonchev–Trinajstić information content (AvgIpc) is 2.75. The number of hydrogen-bond donors (Lipinski definition) is 1. The molecule has 5 heteroatoms. The molecule has 0 heterocycles. The van der Waals surface area contributed by atoms with Crippen molar-refractivity contribution < 1.29 is 19.1 Å². The smallest absolute Gasteiger partial charge is 0.331 e. The molecule has 0 spiro atoms. The van der Waals surface area contributed by atoms with Crippen molar-refractivity contribution in [1.82, 2.24) is 5.32 Å². The highest BCUT2D eigenvalue weighted by molar-refractivity contribution is 5.90. The van der Waals surface area contributed by atoms with Gasteiger partial charge >= 0.3 is 5.97 Å². The highest BCUT2D eigenvalue weighted by atomic mass is 16.5. The van der Waals surface area contributed by atoms with E-state index in [1.165, 1.54) is 6.08 Å². The van der Waals surface area contributed by atoms with Gasteiger partial charge in [-0.15, -0.1) is 0 Å². The van der Waals surface area contributed by atoms with Crippen LogP contribution in [-0.2, 0) is 14.3 Å². The minimum Gasteiger partial charge on any atom is -0.490 e. The van der Waals surface area contributed by atoms with Gasteiger partial charge in [-0.25, -0.2) is 4.79 Å². The van der Waals surface area contributed by atoms with Gasteiger partial charge in [0.1, 0.15) is 12.4 Å². The lowest BCUT2D eigenvalue weighted by molar-refractivity contribution is -0.150. The Morgan fingerprint density at radius 3 is 2.41 bits per heavy atom. The van der Waals surface area contributed by atoms with E-state index in [0.29, 0.717) is 13.2 Å². The highest BCUT2D eigenvalue weighted by Crippen LogP contribution is 2.14. The van der Waals surface area contributed by atoms with Gasteiger partial charge in [0.05, 0.1) is 0 Å². The maximum atomic E-state index is 12.2. The molecule has 5 nitrogen and oxygen atoms in total. The standard InChI is InChI=1S/C24H27NO4/c1-4-16-28-22-13-10-20(11-14-22)12-15-23(26)29-19(3)24(27)25-17-18(2)21-8-6-5-7-9-21/h4-15,18-19H,1,16-17H2,2-3H3,(H,25,27)/b15-12+. The summed E-state index contributed by atoms with van der Waals surface area (Å²) in [6.45, 7) is 8.09. The molecule has 1 amide bonds. The molecule has 2 unspecified atom stereocenters. The minimum absolute atomic E-state index is 0.168. The summed E-state index contributed by atoms with van der Waals surface area (Å²) in [5.74, 6) is -0.00461. The lowest BCUT2D eigenvalue weighted by atomic mass is 10.0. The lowest BCUT2D eigenvalue weighted by Gasteiger charge is -2.16. The average molecular weight is 393 g/mol. The van der Waals surface area contributed by atoms with Crippen molar-refractivity contribution in [1.29, 1.82) is 0 Å². The van der Waals surface area contributed by atoms with Crippen LogP contribution in [0.25, 0.3) is 6.08 Å². The van der Waals surface area contributed by atoms with Crippen molar-refractivity contribution in [3.05, 3.63) is 84.5 Å². The first-order chi connectivity index (χ1) is 14.0. The Hall–Kier alpha value is -3.34. The van der Waals surface area contributed by atoms with Crippen molar-refractivity contribution in [3.63, 3.8) is 0 Å². The molecular formula is C24H27NO4. The third-order valence-corrected chi connectivity index (χ3v) is 4.27. The lowest BCUT2D eigenvalue weighted by Crippen LogP contribution is -2.37. The molecule has 2 aromatic carbocycles. The minimum atomic E-state index is -0.871. The number of nitrogens with one attached hydrogen (secondary N) is 1. The summed E-state index contributed by atoms with van der Waals surface area (Å²) in [7, 11) is 0. The zero-order valence-corrected chi connectivity index (χ0v) is 16.8. The summed E-state index contributed by atoms with van der Waals surface area (Å²) in [4.78, 5) is 24.2. The van der Waals surface area contributed by atoms with E-state index >= 15 is 0 Å². The van der Waals surface area contributed by atoms with Gasteiger partial charge in [-0.1, -0.05) is 62.0 Å². The van der Waals surface area contributed by atoms with Gasteiger partial charge in [0, 0.05) is 12.6 Å². The molecule has 0 saturated carbocycles. The number of benzene rings is 2. The Morgan fingerprint density at radius 1 is 1.07 bits per heavy atom. The molecule has 0 saturated heterocycles. The predicted octanol–water partition coefficient (Wildman–Crippen LogP) is 4.12. The molecule has 0 fully saturated rings. The van der Waals surface area contributed by atoms with E-state index in [4.69, 9.17) is 9.47 Å². The Balaban J connectivity index is 1.77. The number of ether oxygens (including phenoxy) is 2. The second-order valence-electron chi connectivity index (χ2n) is 6.64. The van der Waals surface area contributed by atoms with Crippen LogP contribution in [0.1, 0.15) is 30.9 Å². The van der Waals surface area contributed by atoms with E-state index in [1.54, 1.807) is 31.2 Å². The normalized spacial score (nSPS) is 12.8. The fourth-order valence-corrected chi connectivity index (χ4v) is 2.56. The summed E-state index contributed by atoms with van der Waals surface area (Å²) in [5, 5.41) is 2.82. The van der Waals surface area contributed by atoms with Gasteiger partial charge in [0.15, 0.2) is 6.10 Å². The van der Waals surface area contributed by atoms with Crippen molar-refractivity contribution in [2.75, 3.05) is 13.2 Å². The first-order valence-corrected chi connectivity index (χ1v) is 9.54. The van der Waals surface area contributed by atoms with Gasteiger partial charge < -0.3 is 14.8 Å². The maximum absolute atomic E-state index is 12.2. The zero-order valence-electron chi connectivity index (χ0n) is 16.8. The summed E-state index contributed by atoms with van der Waals surface area (Å²) in [5.41, 5.74) is 1.96. The summed E-state index contributed by atoms with van der Waals surface area (Å²) >= 11 is 0. The number of carbonyl (C=O) groups is 2. The van der Waals surface area contributed by atoms with Crippen LogP contribution < -0.4 is 10.1 Å². The van der Waals surface area contributed by atoms with Crippen LogP contribution >= 0.6 is 0 Å². The fourth-order valence-electron chi connectivity index (χ4n) is 2.56. The van der Waals surface area contributed by atoms with Gasteiger partial charge in [0.2, 0.25) is 0 Å². The van der Waals surface area contributed by atoms with Crippen LogP contribution in [0.5, 0.6) is 5.75 Å². The summed E-state index contributed by atoms with van der Waals surface area (Å²) < 4.78 is 10.6. The topological polar surface area (TPSA) is 64.6 Å². The molecule has 0 aliphatic carbocycles. The Labute approximate surface area is 172 Å². The van der Waals surface area contributed by atoms with E-state index in [1.807, 2.05) is 49.4 Å². The number of amides is 1. The predicted molar refractivity (Wildman–Crippen MR) is 115 cm³/mol. The molecule has 0 radical (unpaired) electrons.